The van der Waals surface area contributed by atoms with Gasteiger partial charge in [0.05, 0.1) is 6.54 Å². The van der Waals surface area contributed by atoms with Crippen molar-refractivity contribution in [2.45, 2.75) is 32.2 Å². The second kappa shape index (κ2) is 4.04. The zero-order valence-electron chi connectivity index (χ0n) is 8.98. The van der Waals surface area contributed by atoms with Gasteiger partial charge in [0.15, 0.2) is 0 Å². The maximum Gasteiger partial charge on any atom is 0.281 e. The highest BCUT2D eigenvalue weighted by molar-refractivity contribution is 8.67. The fraction of sp³-hybridized carbons (Fsp3) is 0.545. The van der Waals surface area contributed by atoms with Gasteiger partial charge in [0, 0.05) is 23.2 Å². The van der Waals surface area contributed by atoms with E-state index >= 15 is 0 Å². The Morgan fingerprint density at radius 1 is 1.25 bits per heavy atom. The summed E-state index contributed by atoms with van der Waals surface area (Å²) in [5.74, 6) is 0.112. The molecule has 0 unspecified atom stereocenters. The first-order valence-corrected chi connectivity index (χ1v) is 7.48. The molecule has 0 saturated carbocycles. The van der Waals surface area contributed by atoms with Crippen LogP contribution in [0.5, 0.6) is 0 Å². The molecule has 3 nitrogen and oxygen atoms in total. The number of fused-ring (bicyclic) bond motifs is 3. The molecule has 0 atom stereocenters. The number of carbonyl (C=O) groups is 1. The lowest BCUT2D eigenvalue weighted by Crippen LogP contribution is -2.35. The number of carbonyl (C=O) groups excluding carboxylic acids is 1. The Balaban J connectivity index is 2.05. The van der Waals surface area contributed by atoms with E-state index in [2.05, 4.69) is 22.3 Å². The van der Waals surface area contributed by atoms with Crippen LogP contribution >= 0.6 is 22.6 Å². The maximum absolute atomic E-state index is 12.1. The third-order valence-corrected chi connectivity index (χ3v) is 4.62. The predicted octanol–water partition coefficient (Wildman–Crippen LogP) is 2.32. The molecule has 0 bridgehead atoms. The van der Waals surface area contributed by atoms with Gasteiger partial charge in [-0.15, -0.1) is 0 Å². The SMILES string of the molecule is O=C1c2cc3c(n2CCN1SS)CCCC3. The first kappa shape index (κ1) is 10.6. The fourth-order valence-electron chi connectivity index (χ4n) is 2.70. The Morgan fingerprint density at radius 2 is 2.06 bits per heavy atom. The normalized spacial score (nSPS) is 19.6. The molecule has 1 amide bonds. The molecular formula is C11H14N2OS2. The van der Waals surface area contributed by atoms with Crippen LogP contribution in [0, 0.1) is 0 Å². The van der Waals surface area contributed by atoms with Gasteiger partial charge in [-0.2, -0.15) is 0 Å². The molecule has 2 aliphatic rings. The van der Waals surface area contributed by atoms with Gasteiger partial charge >= 0.3 is 0 Å². The lowest BCUT2D eigenvalue weighted by Gasteiger charge is -2.27. The number of nitrogens with zero attached hydrogens (tertiary/aromatic N) is 2. The summed E-state index contributed by atoms with van der Waals surface area (Å²) in [5, 5.41) is 0. The van der Waals surface area contributed by atoms with Crippen LogP contribution in [0.25, 0.3) is 0 Å². The number of hydrogen-bond donors (Lipinski definition) is 1. The topological polar surface area (TPSA) is 25.2 Å². The van der Waals surface area contributed by atoms with E-state index in [0.717, 1.165) is 31.6 Å². The molecular weight excluding hydrogens is 240 g/mol. The average molecular weight is 254 g/mol. The van der Waals surface area contributed by atoms with Crippen LogP contribution in [0.2, 0.25) is 0 Å². The minimum absolute atomic E-state index is 0.112. The Bertz CT molecular complexity index is 441. The monoisotopic (exact) mass is 254 g/mol. The highest BCUT2D eigenvalue weighted by Gasteiger charge is 2.29. The molecule has 0 spiro atoms. The first-order chi connectivity index (χ1) is 7.81. The number of rotatable bonds is 1. The van der Waals surface area contributed by atoms with E-state index in [4.69, 9.17) is 0 Å². The molecule has 0 saturated heterocycles. The molecule has 1 aliphatic heterocycles. The second-order valence-electron chi connectivity index (χ2n) is 4.35. The molecule has 3 rings (SSSR count). The Hall–Kier alpha value is -0.550. The molecule has 0 aromatic carbocycles. The maximum atomic E-state index is 12.1. The van der Waals surface area contributed by atoms with Gasteiger partial charge in [-0.3, -0.25) is 9.10 Å². The van der Waals surface area contributed by atoms with Crippen LogP contribution in [-0.2, 0) is 19.4 Å². The van der Waals surface area contributed by atoms with Gasteiger partial charge in [0.1, 0.15) is 5.69 Å². The number of aromatic nitrogens is 1. The lowest BCUT2D eigenvalue weighted by atomic mass is 9.98. The average Bonchev–Trinajstić information content (AvgIpc) is 2.69. The van der Waals surface area contributed by atoms with Gasteiger partial charge in [-0.1, -0.05) is 11.7 Å². The van der Waals surface area contributed by atoms with E-state index in [0.29, 0.717) is 0 Å². The minimum atomic E-state index is 0.112. The zero-order chi connectivity index (χ0) is 11.1. The number of amides is 1. The Kier molecular flexibility index (Phi) is 2.67. The highest BCUT2D eigenvalue weighted by Crippen LogP contribution is 2.30. The molecule has 16 heavy (non-hydrogen) atoms. The van der Waals surface area contributed by atoms with Crippen molar-refractivity contribution in [2.75, 3.05) is 6.54 Å². The van der Waals surface area contributed by atoms with Crippen molar-refractivity contribution < 1.29 is 4.79 Å². The molecule has 0 N–H and O–H groups in total. The molecule has 2 heterocycles. The zero-order valence-corrected chi connectivity index (χ0v) is 10.7. The van der Waals surface area contributed by atoms with E-state index in [1.165, 1.54) is 35.1 Å². The smallest absolute Gasteiger partial charge is 0.281 e. The fourth-order valence-corrected chi connectivity index (χ4v) is 3.49. The standard InChI is InChI=1S/C11H14N2OS2/c14-11-10-7-8-3-1-2-4-9(8)12(10)5-6-13(11)16-15/h7,15H,1-6H2. The summed E-state index contributed by atoms with van der Waals surface area (Å²) in [6, 6.07) is 2.09. The van der Waals surface area contributed by atoms with Gasteiger partial charge < -0.3 is 4.57 Å². The van der Waals surface area contributed by atoms with E-state index in [1.807, 2.05) is 0 Å². The molecule has 0 radical (unpaired) electrons. The second-order valence-corrected chi connectivity index (χ2v) is 5.44. The van der Waals surface area contributed by atoms with Crippen LogP contribution in [0.15, 0.2) is 6.07 Å². The quantitative estimate of drug-likeness (QED) is 0.473. The van der Waals surface area contributed by atoms with E-state index in [1.54, 1.807) is 4.31 Å². The van der Waals surface area contributed by atoms with Crippen LogP contribution in [0.3, 0.4) is 0 Å². The number of hydrogen-bond acceptors (Lipinski definition) is 3. The summed E-state index contributed by atoms with van der Waals surface area (Å²) in [4.78, 5) is 12.1. The van der Waals surface area contributed by atoms with Crippen molar-refractivity contribution in [3.63, 3.8) is 0 Å². The minimum Gasteiger partial charge on any atom is -0.339 e. The van der Waals surface area contributed by atoms with Crippen LogP contribution in [-0.4, -0.2) is 21.3 Å². The van der Waals surface area contributed by atoms with E-state index in [-0.39, 0.29) is 5.91 Å². The van der Waals surface area contributed by atoms with Crippen LogP contribution in [0.4, 0.5) is 0 Å². The summed E-state index contributed by atoms with van der Waals surface area (Å²) >= 11 is 4.12. The van der Waals surface area contributed by atoms with Crippen molar-refractivity contribution in [1.82, 2.24) is 8.87 Å². The third kappa shape index (κ3) is 1.49. The van der Waals surface area contributed by atoms with Crippen molar-refractivity contribution >= 4 is 28.5 Å². The van der Waals surface area contributed by atoms with Crippen molar-refractivity contribution in [3.05, 3.63) is 23.0 Å². The largest absolute Gasteiger partial charge is 0.339 e. The summed E-state index contributed by atoms with van der Waals surface area (Å²) in [7, 11) is 1.23. The third-order valence-electron chi connectivity index (χ3n) is 3.48. The molecule has 1 aliphatic carbocycles. The van der Waals surface area contributed by atoms with Gasteiger partial charge in [-0.25, -0.2) is 0 Å². The summed E-state index contributed by atoms with van der Waals surface area (Å²) in [5.41, 5.74) is 3.65. The predicted molar refractivity (Wildman–Crippen MR) is 68.7 cm³/mol. The van der Waals surface area contributed by atoms with Gasteiger partial charge in [0.25, 0.3) is 5.91 Å². The summed E-state index contributed by atoms with van der Waals surface area (Å²) < 4.78 is 3.95. The van der Waals surface area contributed by atoms with Crippen LogP contribution in [0.1, 0.15) is 34.6 Å². The summed E-state index contributed by atoms with van der Waals surface area (Å²) in [6.07, 6.45) is 4.79. The number of thiol groups is 1. The number of aryl methyl sites for hydroxylation is 1. The lowest BCUT2D eigenvalue weighted by molar-refractivity contribution is 0.0836. The highest BCUT2D eigenvalue weighted by atomic mass is 33.1. The molecule has 1 aromatic rings. The molecule has 5 heteroatoms. The van der Waals surface area contributed by atoms with Crippen molar-refractivity contribution in [2.24, 2.45) is 0 Å². The first-order valence-electron chi connectivity index (χ1n) is 5.66. The van der Waals surface area contributed by atoms with E-state index < -0.39 is 0 Å². The summed E-state index contributed by atoms with van der Waals surface area (Å²) in [6.45, 7) is 1.69. The van der Waals surface area contributed by atoms with Gasteiger partial charge in [0.2, 0.25) is 0 Å². The molecule has 0 fully saturated rings. The molecule has 1 aromatic heterocycles. The van der Waals surface area contributed by atoms with Crippen LogP contribution < -0.4 is 0 Å². The Morgan fingerprint density at radius 3 is 2.88 bits per heavy atom. The Labute approximate surface area is 104 Å². The van der Waals surface area contributed by atoms with E-state index in [9.17, 15) is 4.79 Å². The molecule has 86 valence electrons. The van der Waals surface area contributed by atoms with Crippen molar-refractivity contribution in [1.29, 1.82) is 0 Å². The van der Waals surface area contributed by atoms with Gasteiger partial charge in [-0.05, 0) is 37.3 Å². The van der Waals surface area contributed by atoms with Crippen molar-refractivity contribution in [3.8, 4) is 0 Å².